The van der Waals surface area contributed by atoms with Gasteiger partial charge < -0.3 is 4.74 Å². The molecule has 0 aliphatic rings. The van der Waals surface area contributed by atoms with Gasteiger partial charge >= 0.3 is 27.5 Å². The maximum absolute atomic E-state index is 13.5. The van der Waals surface area contributed by atoms with E-state index >= 15 is 0 Å². The fraction of sp³-hybridized carbons (Fsp3) is 0.188. The quantitative estimate of drug-likeness (QED) is 0.457. The summed E-state index contributed by atoms with van der Waals surface area (Å²) >= 11 is 0. The third-order valence-electron chi connectivity index (χ3n) is 3.57. The van der Waals surface area contributed by atoms with Crippen LogP contribution in [-0.2, 0) is 14.9 Å². The second-order valence-electron chi connectivity index (χ2n) is 5.32. The average Bonchev–Trinajstić information content (AvgIpc) is 2.56. The molecule has 2 aromatic carbocycles. The molecule has 0 heterocycles. The number of alkyl halides is 5. The first kappa shape index (κ1) is 20.8. The summed E-state index contributed by atoms with van der Waals surface area (Å²) in [6.07, 6.45) is -9.26. The van der Waals surface area contributed by atoms with Crippen LogP contribution in [0, 0.1) is 0 Å². The molecule has 1 atom stereocenters. The molecule has 0 saturated carbocycles. The van der Waals surface area contributed by atoms with Crippen LogP contribution in [0.5, 0.6) is 0 Å². The molecule has 1 unspecified atom stereocenters. The van der Waals surface area contributed by atoms with Crippen molar-refractivity contribution >= 4 is 32.9 Å². The van der Waals surface area contributed by atoms with Gasteiger partial charge in [0.25, 0.3) is 6.10 Å². The first-order valence-corrected chi connectivity index (χ1v) is 8.51. The molecule has 0 fully saturated rings. The van der Waals surface area contributed by atoms with Crippen molar-refractivity contribution < 1.29 is 44.5 Å². The van der Waals surface area contributed by atoms with Gasteiger partial charge in [-0.05, 0) is 22.4 Å². The van der Waals surface area contributed by atoms with Crippen molar-refractivity contribution in [3.8, 4) is 0 Å². The van der Waals surface area contributed by atoms with Gasteiger partial charge in [0, 0.05) is 0 Å². The zero-order valence-electron chi connectivity index (χ0n) is 13.2. The van der Waals surface area contributed by atoms with Crippen LogP contribution < -0.4 is 0 Å². The molecule has 0 aliphatic heterocycles. The van der Waals surface area contributed by atoms with Crippen LogP contribution in [-0.4, -0.2) is 36.5 Å². The van der Waals surface area contributed by atoms with E-state index in [1.54, 1.807) is 18.2 Å². The Kier molecular flexibility index (Phi) is 5.30. The summed E-state index contributed by atoms with van der Waals surface area (Å²) in [5, 5.41) is -4.84. The van der Waals surface area contributed by atoms with Crippen LogP contribution in [0.3, 0.4) is 0 Å². The number of ether oxygens (including phenoxy) is 1. The normalized spacial score (nSPS) is 14.0. The number of hydrogen-bond acceptors (Lipinski definition) is 4. The number of benzene rings is 2. The van der Waals surface area contributed by atoms with Crippen molar-refractivity contribution in [3.63, 3.8) is 0 Å². The Morgan fingerprint density at radius 1 is 1.11 bits per heavy atom. The van der Waals surface area contributed by atoms with E-state index in [9.17, 15) is 35.2 Å². The fourth-order valence-corrected chi connectivity index (χ4v) is 2.78. The Balaban J connectivity index is 2.54. The SMILES string of the molecule is C=Cc1c(C(=O)OC(C(F)(F)F)C(F)(F)S(=O)(=O)O)ccc2ccccc12. The molecule has 27 heavy (non-hydrogen) atoms. The molecule has 0 aromatic heterocycles. The highest BCUT2D eigenvalue weighted by atomic mass is 32.2. The Hall–Kier alpha value is -2.53. The smallest absolute Gasteiger partial charge is 0.432 e. The second-order valence-corrected chi connectivity index (χ2v) is 6.81. The van der Waals surface area contributed by atoms with E-state index in [0.29, 0.717) is 10.8 Å². The predicted octanol–water partition coefficient (Wildman–Crippen LogP) is 4.05. The van der Waals surface area contributed by atoms with Crippen LogP contribution in [0.4, 0.5) is 22.0 Å². The standard InChI is InChI=1S/C16H11F5O5S/c1-2-10-11-6-4-3-5-9(11)7-8-12(10)13(22)26-14(15(17,18)19)16(20,21)27(23,24)25/h2-8,14H,1H2,(H,23,24,25). The maximum atomic E-state index is 13.5. The summed E-state index contributed by atoms with van der Waals surface area (Å²) in [5.74, 6) is -1.86. The number of halogens is 5. The molecule has 5 nitrogen and oxygen atoms in total. The zero-order valence-corrected chi connectivity index (χ0v) is 14.0. The van der Waals surface area contributed by atoms with Crippen LogP contribution in [0.1, 0.15) is 15.9 Å². The van der Waals surface area contributed by atoms with Crippen LogP contribution in [0.25, 0.3) is 16.8 Å². The third kappa shape index (κ3) is 3.93. The van der Waals surface area contributed by atoms with E-state index < -0.39 is 39.2 Å². The van der Waals surface area contributed by atoms with E-state index in [4.69, 9.17) is 4.55 Å². The van der Waals surface area contributed by atoms with Crippen LogP contribution in [0.2, 0.25) is 0 Å². The van der Waals surface area contributed by atoms with Crippen molar-refractivity contribution in [1.29, 1.82) is 0 Å². The lowest BCUT2D eigenvalue weighted by atomic mass is 9.99. The van der Waals surface area contributed by atoms with E-state index in [1.807, 2.05) is 0 Å². The zero-order chi connectivity index (χ0) is 20.6. The molecule has 1 N–H and O–H groups in total. The van der Waals surface area contributed by atoms with Crippen molar-refractivity contribution in [2.75, 3.05) is 0 Å². The van der Waals surface area contributed by atoms with Crippen molar-refractivity contribution in [2.24, 2.45) is 0 Å². The number of esters is 1. The molecular weight excluding hydrogens is 399 g/mol. The molecule has 2 rings (SSSR count). The van der Waals surface area contributed by atoms with Gasteiger partial charge in [-0.3, -0.25) is 4.55 Å². The number of rotatable bonds is 5. The third-order valence-corrected chi connectivity index (χ3v) is 4.47. The number of carbonyl (C=O) groups excluding carboxylic acids is 1. The van der Waals surface area contributed by atoms with Gasteiger partial charge in [0.1, 0.15) is 0 Å². The second kappa shape index (κ2) is 6.89. The molecule has 0 saturated heterocycles. The topological polar surface area (TPSA) is 80.7 Å². The van der Waals surface area contributed by atoms with Gasteiger partial charge in [-0.1, -0.05) is 43.0 Å². The lowest BCUT2D eigenvalue weighted by Gasteiger charge is -2.26. The average molecular weight is 410 g/mol. The Morgan fingerprint density at radius 3 is 2.22 bits per heavy atom. The minimum Gasteiger partial charge on any atom is -0.441 e. The Labute approximate surface area is 149 Å². The lowest BCUT2D eigenvalue weighted by molar-refractivity contribution is -0.248. The summed E-state index contributed by atoms with van der Waals surface area (Å²) in [7, 11) is -6.51. The number of hydrogen-bond donors (Lipinski definition) is 1. The lowest BCUT2D eigenvalue weighted by Crippen LogP contribution is -2.52. The van der Waals surface area contributed by atoms with Gasteiger partial charge in [0.15, 0.2) is 0 Å². The molecule has 0 bridgehead atoms. The first-order valence-electron chi connectivity index (χ1n) is 7.07. The van der Waals surface area contributed by atoms with Gasteiger partial charge in [0.05, 0.1) is 5.56 Å². The molecule has 0 aliphatic carbocycles. The number of carbonyl (C=O) groups is 1. The molecule has 0 spiro atoms. The van der Waals surface area contributed by atoms with Gasteiger partial charge in [-0.25, -0.2) is 4.79 Å². The summed E-state index contributed by atoms with van der Waals surface area (Å²) < 4.78 is 99.3. The molecule has 11 heteroatoms. The highest BCUT2D eigenvalue weighted by Gasteiger charge is 2.66. The highest BCUT2D eigenvalue weighted by Crippen LogP contribution is 2.38. The van der Waals surface area contributed by atoms with Gasteiger partial charge in [-0.2, -0.15) is 30.4 Å². The van der Waals surface area contributed by atoms with Crippen LogP contribution >= 0.6 is 0 Å². The van der Waals surface area contributed by atoms with E-state index in [0.717, 1.165) is 12.1 Å². The Morgan fingerprint density at radius 2 is 1.70 bits per heavy atom. The molecule has 0 amide bonds. The summed E-state index contributed by atoms with van der Waals surface area (Å²) in [6.45, 7) is 3.43. The van der Waals surface area contributed by atoms with Gasteiger partial charge in [-0.15, -0.1) is 0 Å². The summed E-state index contributed by atoms with van der Waals surface area (Å²) in [4.78, 5) is 12.1. The molecule has 0 radical (unpaired) electrons. The molecular formula is C16H11F5O5S. The summed E-state index contributed by atoms with van der Waals surface area (Å²) in [5.41, 5.74) is -0.529. The van der Waals surface area contributed by atoms with E-state index in [-0.39, 0.29) is 5.56 Å². The van der Waals surface area contributed by atoms with E-state index in [1.165, 1.54) is 12.1 Å². The Bertz CT molecular complexity index is 998. The van der Waals surface area contributed by atoms with Crippen LogP contribution in [0.15, 0.2) is 43.0 Å². The largest absolute Gasteiger partial charge is 0.441 e. The fourth-order valence-electron chi connectivity index (χ4n) is 2.33. The minimum absolute atomic E-state index is 0.00852. The molecule has 146 valence electrons. The van der Waals surface area contributed by atoms with Crippen molar-refractivity contribution in [3.05, 3.63) is 54.1 Å². The monoisotopic (exact) mass is 410 g/mol. The van der Waals surface area contributed by atoms with Crippen molar-refractivity contribution in [1.82, 2.24) is 0 Å². The maximum Gasteiger partial charge on any atom is 0.432 e. The highest BCUT2D eigenvalue weighted by molar-refractivity contribution is 7.86. The number of fused-ring (bicyclic) bond motifs is 1. The summed E-state index contributed by atoms with van der Waals surface area (Å²) in [6, 6.07) is 8.72. The molecule has 2 aromatic rings. The minimum atomic E-state index is -6.51. The van der Waals surface area contributed by atoms with Gasteiger partial charge in [0.2, 0.25) is 0 Å². The van der Waals surface area contributed by atoms with Crippen molar-refractivity contribution in [2.45, 2.75) is 17.5 Å². The van der Waals surface area contributed by atoms with E-state index in [2.05, 4.69) is 11.3 Å². The predicted molar refractivity (Wildman–Crippen MR) is 85.8 cm³/mol. The first-order chi connectivity index (χ1) is 12.3.